The summed E-state index contributed by atoms with van der Waals surface area (Å²) < 4.78 is 35.5. The summed E-state index contributed by atoms with van der Waals surface area (Å²) in [5, 5.41) is 0. The third-order valence-electron chi connectivity index (χ3n) is 3.87. The first kappa shape index (κ1) is 17.4. The second-order valence-electron chi connectivity index (χ2n) is 5.52. The fraction of sp³-hybridized carbons (Fsp3) is 0.438. The molecule has 0 bridgehead atoms. The van der Waals surface area contributed by atoms with Crippen LogP contribution in [0.25, 0.3) is 5.57 Å². The van der Waals surface area contributed by atoms with Crippen LogP contribution in [0, 0.1) is 5.82 Å². The van der Waals surface area contributed by atoms with Gasteiger partial charge in [0.25, 0.3) is 0 Å². The lowest BCUT2D eigenvalue weighted by atomic mass is 10.0. The minimum atomic E-state index is -1.42. The molecule has 24 heavy (non-hydrogen) atoms. The Morgan fingerprint density at radius 2 is 2.33 bits per heavy atom. The summed E-state index contributed by atoms with van der Waals surface area (Å²) in [6, 6.07) is 4.80. The summed E-state index contributed by atoms with van der Waals surface area (Å²) >= 11 is 0.412. The van der Waals surface area contributed by atoms with Gasteiger partial charge in [-0.15, -0.1) is 0 Å². The molecule has 130 valence electrons. The number of allylic oxidation sites excluding steroid dienone is 1. The maximum atomic E-state index is 14.5. The van der Waals surface area contributed by atoms with Crippen molar-refractivity contribution in [2.75, 3.05) is 35.8 Å². The Hall–Kier alpha value is -1.38. The van der Waals surface area contributed by atoms with Crippen molar-refractivity contribution < 1.29 is 22.3 Å². The molecule has 1 amide bonds. The number of thioether (sulfide) groups is 1. The van der Waals surface area contributed by atoms with Gasteiger partial charge in [0.05, 0.1) is 12.2 Å². The smallest absolute Gasteiger partial charge is 0.414 e. The molecule has 0 saturated carbocycles. The number of carbonyl (C=O) groups is 1. The lowest BCUT2D eigenvalue weighted by Gasteiger charge is -2.17. The van der Waals surface area contributed by atoms with Gasteiger partial charge < -0.3 is 4.74 Å². The van der Waals surface area contributed by atoms with Gasteiger partial charge in [-0.1, -0.05) is 6.08 Å². The third kappa shape index (κ3) is 3.99. The summed E-state index contributed by atoms with van der Waals surface area (Å²) in [7, 11) is 0. The molecule has 2 unspecified atom stereocenters. The molecule has 1 fully saturated rings. The Bertz CT molecular complexity index is 695. The van der Waals surface area contributed by atoms with Gasteiger partial charge in [-0.05, 0) is 35.9 Å². The van der Waals surface area contributed by atoms with Crippen molar-refractivity contribution in [2.24, 2.45) is 0 Å². The molecule has 0 aliphatic carbocycles. The Morgan fingerprint density at radius 1 is 1.50 bits per heavy atom. The minimum absolute atomic E-state index is 0.0521. The van der Waals surface area contributed by atoms with Crippen LogP contribution < -0.4 is 4.90 Å². The van der Waals surface area contributed by atoms with Crippen LogP contribution in [0.5, 0.6) is 0 Å². The highest BCUT2D eigenvalue weighted by Gasteiger charge is 2.33. The van der Waals surface area contributed by atoms with Gasteiger partial charge in [0, 0.05) is 17.6 Å². The zero-order chi connectivity index (χ0) is 17.1. The van der Waals surface area contributed by atoms with E-state index < -0.39 is 23.3 Å². The molecule has 2 heterocycles. The summed E-state index contributed by atoms with van der Waals surface area (Å²) in [6.45, 7) is 0.296. The van der Waals surface area contributed by atoms with E-state index >= 15 is 0 Å². The SMILES string of the molecule is CS(=O)OCC1CN(c2ccc(C3=CCSCC3)c(F)c2)C(=O)O1. The van der Waals surface area contributed by atoms with Crippen molar-refractivity contribution in [1.29, 1.82) is 0 Å². The van der Waals surface area contributed by atoms with Gasteiger partial charge in [0.2, 0.25) is 0 Å². The van der Waals surface area contributed by atoms with Crippen LogP contribution in [0.1, 0.15) is 12.0 Å². The Kier molecular flexibility index (Phi) is 5.57. The Morgan fingerprint density at radius 3 is 3.00 bits per heavy atom. The van der Waals surface area contributed by atoms with Crippen molar-refractivity contribution in [1.82, 2.24) is 0 Å². The highest BCUT2D eigenvalue weighted by Crippen LogP contribution is 2.31. The van der Waals surface area contributed by atoms with E-state index in [4.69, 9.17) is 8.92 Å². The number of carbonyl (C=O) groups excluding carboxylic acids is 1. The standard InChI is InChI=1S/C16H18FNO4S2/c1-24(20)21-10-13-9-18(16(19)22-13)12-2-3-14(15(17)8-12)11-4-6-23-7-5-11/h2-4,8,13H,5-7,9-10H2,1H3. The van der Waals surface area contributed by atoms with Crippen LogP contribution in [0.2, 0.25) is 0 Å². The van der Waals surface area contributed by atoms with E-state index in [9.17, 15) is 13.4 Å². The molecule has 2 atom stereocenters. The minimum Gasteiger partial charge on any atom is -0.441 e. The maximum absolute atomic E-state index is 14.5. The second-order valence-corrected chi connectivity index (χ2v) is 7.71. The lowest BCUT2D eigenvalue weighted by Crippen LogP contribution is -2.26. The highest BCUT2D eigenvalue weighted by atomic mass is 32.2. The lowest BCUT2D eigenvalue weighted by molar-refractivity contribution is 0.110. The van der Waals surface area contributed by atoms with E-state index in [0.29, 0.717) is 11.3 Å². The van der Waals surface area contributed by atoms with Gasteiger partial charge in [0.1, 0.15) is 18.5 Å². The van der Waals surface area contributed by atoms with Crippen molar-refractivity contribution >= 4 is 40.2 Å². The van der Waals surface area contributed by atoms with Crippen molar-refractivity contribution in [3.05, 3.63) is 35.7 Å². The normalized spacial score (nSPS) is 22.2. The van der Waals surface area contributed by atoms with Crippen LogP contribution >= 0.6 is 11.8 Å². The van der Waals surface area contributed by atoms with Crippen LogP contribution in [-0.2, 0) is 20.0 Å². The van der Waals surface area contributed by atoms with Crippen molar-refractivity contribution in [3.8, 4) is 0 Å². The first-order valence-electron chi connectivity index (χ1n) is 7.56. The molecule has 0 N–H and O–H groups in total. The average molecular weight is 371 g/mol. The number of cyclic esters (lactones) is 1. The number of rotatable bonds is 5. The summed E-state index contributed by atoms with van der Waals surface area (Å²) in [4.78, 5) is 13.3. The maximum Gasteiger partial charge on any atom is 0.414 e. The van der Waals surface area contributed by atoms with E-state index in [-0.39, 0.29) is 19.0 Å². The van der Waals surface area contributed by atoms with Crippen LogP contribution in [-0.4, -0.2) is 47.3 Å². The number of amides is 1. The second kappa shape index (κ2) is 7.67. The molecule has 8 heteroatoms. The van der Waals surface area contributed by atoms with Crippen molar-refractivity contribution in [2.45, 2.75) is 12.5 Å². The molecule has 1 saturated heterocycles. The number of nitrogens with zero attached hydrogens (tertiary/aromatic N) is 1. The number of ether oxygens (including phenoxy) is 1. The molecule has 2 aliphatic heterocycles. The summed E-state index contributed by atoms with van der Waals surface area (Å²) in [5.74, 6) is 1.55. The Labute approximate surface area is 146 Å². The number of halogens is 1. The van der Waals surface area contributed by atoms with Crippen LogP contribution in [0.3, 0.4) is 0 Å². The fourth-order valence-electron chi connectivity index (χ4n) is 2.69. The van der Waals surface area contributed by atoms with Gasteiger partial charge in [-0.25, -0.2) is 13.4 Å². The molecule has 3 rings (SSSR count). The van der Waals surface area contributed by atoms with Gasteiger partial charge in [0.15, 0.2) is 11.1 Å². The molecule has 5 nitrogen and oxygen atoms in total. The zero-order valence-corrected chi connectivity index (χ0v) is 14.8. The molecule has 0 aromatic heterocycles. The molecular formula is C16H18FNO4S2. The number of benzene rings is 1. The topological polar surface area (TPSA) is 55.8 Å². The van der Waals surface area contributed by atoms with Gasteiger partial charge in [-0.2, -0.15) is 11.8 Å². The van der Waals surface area contributed by atoms with E-state index in [2.05, 4.69) is 6.08 Å². The summed E-state index contributed by atoms with van der Waals surface area (Å²) in [6.07, 6.45) is 3.24. The average Bonchev–Trinajstić information content (AvgIpc) is 2.94. The largest absolute Gasteiger partial charge is 0.441 e. The van der Waals surface area contributed by atoms with Gasteiger partial charge in [-0.3, -0.25) is 9.08 Å². The fourth-order valence-corrected chi connectivity index (χ4v) is 3.89. The monoisotopic (exact) mass is 371 g/mol. The molecule has 1 aromatic carbocycles. The third-order valence-corrected chi connectivity index (χ3v) is 5.23. The number of anilines is 1. The molecule has 2 aliphatic rings. The van der Waals surface area contributed by atoms with E-state index in [1.54, 1.807) is 12.1 Å². The van der Waals surface area contributed by atoms with Crippen molar-refractivity contribution in [3.63, 3.8) is 0 Å². The molecule has 0 radical (unpaired) electrons. The Balaban J connectivity index is 1.73. The number of hydrogen-bond donors (Lipinski definition) is 0. The van der Waals surface area contributed by atoms with Crippen LogP contribution in [0.4, 0.5) is 14.9 Å². The molecular weight excluding hydrogens is 353 g/mol. The van der Waals surface area contributed by atoms with Gasteiger partial charge >= 0.3 is 6.09 Å². The summed E-state index contributed by atoms with van der Waals surface area (Å²) in [5.41, 5.74) is 2.05. The number of hydrogen-bond acceptors (Lipinski definition) is 5. The van der Waals surface area contributed by atoms with E-state index in [0.717, 1.165) is 23.5 Å². The predicted octanol–water partition coefficient (Wildman–Crippen LogP) is 2.98. The zero-order valence-electron chi connectivity index (χ0n) is 13.2. The van der Waals surface area contributed by atoms with E-state index in [1.807, 2.05) is 11.8 Å². The van der Waals surface area contributed by atoms with E-state index in [1.165, 1.54) is 17.2 Å². The molecule has 0 spiro atoms. The quantitative estimate of drug-likeness (QED) is 0.796. The first-order chi connectivity index (χ1) is 11.5. The highest BCUT2D eigenvalue weighted by molar-refractivity contribution is 7.99. The van der Waals surface area contributed by atoms with Crippen LogP contribution in [0.15, 0.2) is 24.3 Å². The first-order valence-corrected chi connectivity index (χ1v) is 10.2. The molecule has 1 aromatic rings. The predicted molar refractivity (Wildman–Crippen MR) is 94.0 cm³/mol.